The van der Waals surface area contributed by atoms with Crippen LogP contribution in [0.5, 0.6) is 0 Å². The van der Waals surface area contributed by atoms with Crippen LogP contribution in [0, 0.1) is 16.7 Å². The van der Waals surface area contributed by atoms with Crippen LogP contribution in [0.3, 0.4) is 0 Å². The summed E-state index contributed by atoms with van der Waals surface area (Å²) in [6, 6.07) is 12.7. The van der Waals surface area contributed by atoms with Crippen LogP contribution < -0.4 is 0 Å². The summed E-state index contributed by atoms with van der Waals surface area (Å²) in [5.74, 6) is 0.0221. The second kappa shape index (κ2) is 5.97. The number of rotatable bonds is 3. The zero-order chi connectivity index (χ0) is 13.8. The average Bonchev–Trinajstić information content (AvgIpc) is 2.96. The Bertz CT molecular complexity index is 458. The molecule has 0 bridgehead atoms. The number of hydrogen-bond donors (Lipinski definition) is 0. The molecule has 2 aliphatic rings. The monoisotopic (exact) mass is 268 g/mol. The number of hydrogen-bond acceptors (Lipinski definition) is 2. The van der Waals surface area contributed by atoms with Gasteiger partial charge in [0.2, 0.25) is 0 Å². The van der Waals surface area contributed by atoms with Gasteiger partial charge in [-0.2, -0.15) is 5.26 Å². The molecule has 1 aliphatic carbocycles. The van der Waals surface area contributed by atoms with Gasteiger partial charge in [0.25, 0.3) is 0 Å². The van der Waals surface area contributed by atoms with E-state index in [0.29, 0.717) is 5.41 Å². The molecule has 1 unspecified atom stereocenters. The van der Waals surface area contributed by atoms with E-state index in [1.807, 2.05) is 18.2 Å². The number of benzene rings is 1. The standard InChI is InChI=1S/C18H24N2/c19-14-17(16-6-2-1-3-7-16)15-20-12-10-18(11-13-20)8-4-5-9-18/h1-3,6-7,17H,4-5,8-13,15H2. The predicted molar refractivity (Wildman–Crippen MR) is 81.4 cm³/mol. The fourth-order valence-corrected chi connectivity index (χ4v) is 4.00. The largest absolute Gasteiger partial charge is 0.302 e. The van der Waals surface area contributed by atoms with Crippen LogP contribution in [0.1, 0.15) is 50.0 Å². The zero-order valence-electron chi connectivity index (χ0n) is 12.2. The molecular weight excluding hydrogens is 244 g/mol. The van der Waals surface area contributed by atoms with E-state index in [4.69, 9.17) is 0 Å². The molecule has 1 spiro atoms. The maximum absolute atomic E-state index is 9.44. The van der Waals surface area contributed by atoms with Crippen LogP contribution in [0.2, 0.25) is 0 Å². The highest BCUT2D eigenvalue weighted by Crippen LogP contribution is 2.46. The molecule has 2 fully saturated rings. The molecule has 1 aliphatic heterocycles. The number of likely N-dealkylation sites (tertiary alicyclic amines) is 1. The van der Waals surface area contributed by atoms with Crippen molar-refractivity contribution >= 4 is 0 Å². The first-order valence-electron chi connectivity index (χ1n) is 7.98. The first-order chi connectivity index (χ1) is 9.81. The van der Waals surface area contributed by atoms with Gasteiger partial charge in [-0.15, -0.1) is 0 Å². The van der Waals surface area contributed by atoms with Gasteiger partial charge in [-0.05, 0) is 49.8 Å². The molecule has 1 atom stereocenters. The third-order valence-corrected chi connectivity index (χ3v) is 5.38. The van der Waals surface area contributed by atoms with Gasteiger partial charge in [0.05, 0.1) is 12.0 Å². The summed E-state index contributed by atoms with van der Waals surface area (Å²) in [5, 5.41) is 9.44. The normalized spacial score (nSPS) is 23.6. The second-order valence-corrected chi connectivity index (χ2v) is 6.60. The highest BCUT2D eigenvalue weighted by molar-refractivity contribution is 5.25. The molecule has 2 heteroatoms. The minimum Gasteiger partial charge on any atom is -0.302 e. The molecule has 1 saturated heterocycles. The van der Waals surface area contributed by atoms with Crippen LogP contribution in [0.4, 0.5) is 0 Å². The van der Waals surface area contributed by atoms with E-state index >= 15 is 0 Å². The molecular formula is C18H24N2. The van der Waals surface area contributed by atoms with Crippen molar-refractivity contribution in [2.75, 3.05) is 19.6 Å². The first kappa shape index (κ1) is 13.6. The van der Waals surface area contributed by atoms with Crippen molar-refractivity contribution < 1.29 is 0 Å². The van der Waals surface area contributed by atoms with E-state index in [2.05, 4.69) is 23.1 Å². The van der Waals surface area contributed by atoms with Crippen molar-refractivity contribution in [1.29, 1.82) is 5.26 Å². The number of nitriles is 1. The van der Waals surface area contributed by atoms with Crippen LogP contribution in [0.15, 0.2) is 30.3 Å². The van der Waals surface area contributed by atoms with Crippen molar-refractivity contribution in [2.24, 2.45) is 5.41 Å². The van der Waals surface area contributed by atoms with Gasteiger partial charge in [0, 0.05) is 6.54 Å². The van der Waals surface area contributed by atoms with Crippen molar-refractivity contribution in [3.05, 3.63) is 35.9 Å². The summed E-state index contributed by atoms with van der Waals surface area (Å²) in [6.45, 7) is 3.27. The molecule has 1 saturated carbocycles. The molecule has 0 aromatic heterocycles. The quantitative estimate of drug-likeness (QED) is 0.830. The Morgan fingerprint density at radius 1 is 1.05 bits per heavy atom. The maximum atomic E-state index is 9.44. The Hall–Kier alpha value is -1.33. The highest BCUT2D eigenvalue weighted by atomic mass is 15.1. The van der Waals surface area contributed by atoms with E-state index in [1.165, 1.54) is 51.6 Å². The number of piperidine rings is 1. The van der Waals surface area contributed by atoms with Gasteiger partial charge in [-0.25, -0.2) is 0 Å². The van der Waals surface area contributed by atoms with Crippen LogP contribution in [0.25, 0.3) is 0 Å². The van der Waals surface area contributed by atoms with E-state index in [0.717, 1.165) is 12.1 Å². The Kier molecular flexibility index (Phi) is 4.08. The lowest BCUT2D eigenvalue weighted by Gasteiger charge is -2.40. The smallest absolute Gasteiger partial charge is 0.0839 e. The maximum Gasteiger partial charge on any atom is 0.0839 e. The lowest BCUT2D eigenvalue weighted by molar-refractivity contribution is 0.107. The summed E-state index contributed by atoms with van der Waals surface area (Å²) < 4.78 is 0. The third-order valence-electron chi connectivity index (χ3n) is 5.38. The fraction of sp³-hybridized carbons (Fsp3) is 0.611. The summed E-state index contributed by atoms with van der Waals surface area (Å²) >= 11 is 0. The second-order valence-electron chi connectivity index (χ2n) is 6.60. The predicted octanol–water partition coefficient (Wildman–Crippen LogP) is 3.95. The molecule has 106 valence electrons. The molecule has 1 aromatic carbocycles. The highest BCUT2D eigenvalue weighted by Gasteiger charge is 2.37. The lowest BCUT2D eigenvalue weighted by Crippen LogP contribution is -2.40. The van der Waals surface area contributed by atoms with Crippen molar-refractivity contribution in [3.8, 4) is 6.07 Å². The molecule has 3 rings (SSSR count). The summed E-state index contributed by atoms with van der Waals surface area (Å²) in [5.41, 5.74) is 1.84. The minimum atomic E-state index is 0.0221. The first-order valence-corrected chi connectivity index (χ1v) is 7.98. The SMILES string of the molecule is N#CC(CN1CCC2(CCCC2)CC1)c1ccccc1. The topological polar surface area (TPSA) is 27.0 Å². The molecule has 0 N–H and O–H groups in total. The van der Waals surface area contributed by atoms with Gasteiger partial charge in [-0.1, -0.05) is 43.2 Å². The van der Waals surface area contributed by atoms with Gasteiger partial charge in [-0.3, -0.25) is 0 Å². The minimum absolute atomic E-state index is 0.0221. The average molecular weight is 268 g/mol. The van der Waals surface area contributed by atoms with Gasteiger partial charge in [0.1, 0.15) is 0 Å². The summed E-state index contributed by atoms with van der Waals surface area (Å²) in [4.78, 5) is 2.50. The number of nitrogens with zero attached hydrogens (tertiary/aromatic N) is 2. The summed E-state index contributed by atoms with van der Waals surface area (Å²) in [7, 11) is 0. The van der Waals surface area contributed by atoms with Crippen molar-refractivity contribution in [1.82, 2.24) is 4.90 Å². The van der Waals surface area contributed by atoms with Crippen LogP contribution in [-0.4, -0.2) is 24.5 Å². The molecule has 0 radical (unpaired) electrons. The molecule has 1 aromatic rings. The van der Waals surface area contributed by atoms with Crippen LogP contribution in [-0.2, 0) is 0 Å². The Balaban J connectivity index is 1.57. The van der Waals surface area contributed by atoms with Gasteiger partial charge < -0.3 is 4.90 Å². The van der Waals surface area contributed by atoms with E-state index in [9.17, 15) is 5.26 Å². The van der Waals surface area contributed by atoms with Crippen molar-refractivity contribution in [3.63, 3.8) is 0 Å². The Labute approximate surface area is 122 Å². The molecule has 20 heavy (non-hydrogen) atoms. The molecule has 2 nitrogen and oxygen atoms in total. The lowest BCUT2D eigenvalue weighted by atomic mass is 9.77. The third kappa shape index (κ3) is 2.88. The molecule has 1 heterocycles. The van der Waals surface area contributed by atoms with Crippen LogP contribution >= 0.6 is 0 Å². The van der Waals surface area contributed by atoms with Gasteiger partial charge in [0.15, 0.2) is 0 Å². The zero-order valence-corrected chi connectivity index (χ0v) is 12.2. The Morgan fingerprint density at radius 2 is 1.70 bits per heavy atom. The van der Waals surface area contributed by atoms with E-state index in [1.54, 1.807) is 0 Å². The summed E-state index contributed by atoms with van der Waals surface area (Å²) in [6.07, 6.45) is 8.46. The molecule has 0 amide bonds. The van der Waals surface area contributed by atoms with E-state index in [-0.39, 0.29) is 5.92 Å². The van der Waals surface area contributed by atoms with Crippen molar-refractivity contribution in [2.45, 2.75) is 44.4 Å². The van der Waals surface area contributed by atoms with E-state index < -0.39 is 0 Å². The van der Waals surface area contributed by atoms with Gasteiger partial charge >= 0.3 is 0 Å². The fourth-order valence-electron chi connectivity index (χ4n) is 4.00. The Morgan fingerprint density at radius 3 is 2.30 bits per heavy atom.